The van der Waals surface area contributed by atoms with E-state index in [2.05, 4.69) is 5.32 Å². The molecule has 2 heterocycles. The largest absolute Gasteiger partial charge is 0.493 e. The number of hydrogen-bond donors (Lipinski definition) is 1. The first-order chi connectivity index (χ1) is 13.1. The van der Waals surface area contributed by atoms with Gasteiger partial charge in [-0.2, -0.15) is 0 Å². The van der Waals surface area contributed by atoms with Crippen molar-refractivity contribution in [2.75, 3.05) is 19.5 Å². The first kappa shape index (κ1) is 17.5. The van der Waals surface area contributed by atoms with E-state index in [1.54, 1.807) is 31.6 Å². The molecule has 1 aliphatic heterocycles. The second-order valence-electron chi connectivity index (χ2n) is 6.29. The average molecular weight is 383 g/mol. The van der Waals surface area contributed by atoms with E-state index in [1.165, 1.54) is 12.1 Å². The van der Waals surface area contributed by atoms with Crippen LogP contribution < -0.4 is 14.8 Å². The fourth-order valence-corrected chi connectivity index (χ4v) is 4.68. The van der Waals surface area contributed by atoms with Gasteiger partial charge in [0.25, 0.3) is 0 Å². The maximum absolute atomic E-state index is 13.7. The Hall–Kier alpha value is -2.86. The Morgan fingerprint density at radius 2 is 1.96 bits per heavy atom. The van der Waals surface area contributed by atoms with Crippen LogP contribution in [0.1, 0.15) is 22.8 Å². The van der Waals surface area contributed by atoms with E-state index in [1.807, 2.05) is 29.6 Å². The minimum Gasteiger partial charge on any atom is -0.493 e. The molecule has 0 aliphatic carbocycles. The maximum atomic E-state index is 13.7. The third-order valence-electron chi connectivity index (χ3n) is 4.73. The van der Waals surface area contributed by atoms with Gasteiger partial charge in [0.1, 0.15) is 5.82 Å². The molecular formula is C21H18FNO3S. The molecule has 0 saturated heterocycles. The number of para-hydroxylation sites is 1. The van der Waals surface area contributed by atoms with Crippen molar-refractivity contribution in [2.24, 2.45) is 0 Å². The predicted molar refractivity (Wildman–Crippen MR) is 104 cm³/mol. The number of carbonyl (C=O) groups excluding carboxylic acids is 1. The zero-order valence-corrected chi connectivity index (χ0v) is 15.7. The molecule has 4 rings (SSSR count). The Morgan fingerprint density at radius 1 is 1.15 bits per heavy atom. The van der Waals surface area contributed by atoms with Crippen molar-refractivity contribution < 1.29 is 18.7 Å². The van der Waals surface area contributed by atoms with Gasteiger partial charge >= 0.3 is 0 Å². The Kier molecular flexibility index (Phi) is 4.58. The number of amides is 1. The molecule has 27 heavy (non-hydrogen) atoms. The predicted octanol–water partition coefficient (Wildman–Crippen LogP) is 5.05. The quantitative estimate of drug-likeness (QED) is 0.686. The Labute approximate surface area is 160 Å². The van der Waals surface area contributed by atoms with Crippen LogP contribution in [0.25, 0.3) is 11.1 Å². The van der Waals surface area contributed by atoms with Gasteiger partial charge in [-0.3, -0.25) is 4.79 Å². The van der Waals surface area contributed by atoms with Crippen molar-refractivity contribution >= 4 is 22.9 Å². The van der Waals surface area contributed by atoms with Gasteiger partial charge in [-0.25, -0.2) is 4.39 Å². The molecule has 1 N–H and O–H groups in total. The van der Waals surface area contributed by atoms with Crippen molar-refractivity contribution in [1.82, 2.24) is 0 Å². The van der Waals surface area contributed by atoms with Crippen LogP contribution in [0.2, 0.25) is 0 Å². The third-order valence-corrected chi connectivity index (χ3v) is 5.83. The lowest BCUT2D eigenvalue weighted by molar-refractivity contribution is -0.116. The van der Waals surface area contributed by atoms with Crippen LogP contribution in [-0.4, -0.2) is 20.1 Å². The van der Waals surface area contributed by atoms with Gasteiger partial charge in [-0.15, -0.1) is 11.3 Å². The number of nitrogens with one attached hydrogen (secondary N) is 1. The summed E-state index contributed by atoms with van der Waals surface area (Å²) in [6, 6.07) is 12.1. The number of fused-ring (bicyclic) bond motifs is 1. The molecule has 138 valence electrons. The van der Waals surface area contributed by atoms with Crippen molar-refractivity contribution in [1.29, 1.82) is 0 Å². The van der Waals surface area contributed by atoms with E-state index >= 15 is 0 Å². The van der Waals surface area contributed by atoms with Gasteiger partial charge in [0.2, 0.25) is 5.91 Å². The van der Waals surface area contributed by atoms with Gasteiger partial charge < -0.3 is 14.8 Å². The normalized spacial score (nSPS) is 15.8. The molecule has 0 radical (unpaired) electrons. The molecule has 1 aromatic heterocycles. The first-order valence-corrected chi connectivity index (χ1v) is 9.38. The van der Waals surface area contributed by atoms with Crippen LogP contribution in [0, 0.1) is 5.82 Å². The summed E-state index contributed by atoms with van der Waals surface area (Å²) >= 11 is 1.56. The standard InChI is InChI=1S/C21H18FNO3S/c1-25-17-8-4-7-14(20(17)26-2)15-10-18(24)23-19-16(11-27-21(15)19)12-5-3-6-13(22)9-12/h3-9,11,15H,10H2,1-2H3,(H,23,24)/t15-/m0/s1. The summed E-state index contributed by atoms with van der Waals surface area (Å²) in [6.07, 6.45) is 0.319. The SMILES string of the molecule is COc1cccc([C@@H]2CC(=O)Nc3c(-c4cccc(F)c4)csc32)c1OC. The first-order valence-electron chi connectivity index (χ1n) is 8.50. The number of hydrogen-bond acceptors (Lipinski definition) is 4. The number of benzene rings is 2. The highest BCUT2D eigenvalue weighted by Crippen LogP contribution is 2.49. The lowest BCUT2D eigenvalue weighted by Gasteiger charge is -2.25. The number of halogens is 1. The van der Waals surface area contributed by atoms with Gasteiger partial charge in [-0.1, -0.05) is 24.3 Å². The van der Waals surface area contributed by atoms with E-state index in [0.717, 1.165) is 27.3 Å². The monoisotopic (exact) mass is 383 g/mol. The Balaban J connectivity index is 1.85. The van der Waals surface area contributed by atoms with Gasteiger partial charge in [0.15, 0.2) is 11.5 Å². The second-order valence-corrected chi connectivity index (χ2v) is 7.20. The average Bonchev–Trinajstić information content (AvgIpc) is 3.10. The van der Waals surface area contributed by atoms with Crippen molar-refractivity contribution in [3.63, 3.8) is 0 Å². The van der Waals surface area contributed by atoms with E-state index in [4.69, 9.17) is 9.47 Å². The molecule has 0 saturated carbocycles. The molecule has 0 unspecified atom stereocenters. The van der Waals surface area contributed by atoms with Crippen LogP contribution in [0.3, 0.4) is 0 Å². The highest BCUT2D eigenvalue weighted by atomic mass is 32.1. The van der Waals surface area contributed by atoms with Gasteiger partial charge in [0, 0.05) is 33.7 Å². The molecule has 3 aromatic rings. The molecule has 4 nitrogen and oxygen atoms in total. The molecule has 0 fully saturated rings. The zero-order chi connectivity index (χ0) is 19.0. The number of methoxy groups -OCH3 is 2. The number of thiophene rings is 1. The molecule has 6 heteroatoms. The maximum Gasteiger partial charge on any atom is 0.225 e. The van der Waals surface area contributed by atoms with Crippen molar-refractivity contribution in [2.45, 2.75) is 12.3 Å². The van der Waals surface area contributed by atoms with Crippen LogP contribution in [0.5, 0.6) is 11.5 Å². The molecule has 0 bridgehead atoms. The van der Waals surface area contributed by atoms with E-state index < -0.39 is 0 Å². The van der Waals surface area contributed by atoms with Gasteiger partial charge in [0.05, 0.1) is 19.9 Å². The molecule has 2 aromatic carbocycles. The van der Waals surface area contributed by atoms with Crippen molar-refractivity contribution in [3.05, 3.63) is 64.1 Å². The fourth-order valence-electron chi connectivity index (χ4n) is 3.53. The van der Waals surface area contributed by atoms with Crippen LogP contribution in [0.4, 0.5) is 10.1 Å². The summed E-state index contributed by atoms with van der Waals surface area (Å²) in [5.74, 6) is 0.732. The Morgan fingerprint density at radius 3 is 2.70 bits per heavy atom. The second kappa shape index (κ2) is 7.04. The summed E-state index contributed by atoms with van der Waals surface area (Å²) < 4.78 is 24.7. The topological polar surface area (TPSA) is 47.6 Å². The van der Waals surface area contributed by atoms with Crippen LogP contribution in [0.15, 0.2) is 47.8 Å². The van der Waals surface area contributed by atoms with E-state index in [9.17, 15) is 9.18 Å². The molecule has 1 amide bonds. The highest BCUT2D eigenvalue weighted by Gasteiger charge is 2.32. The number of carbonyl (C=O) groups is 1. The minimum absolute atomic E-state index is 0.0755. The highest BCUT2D eigenvalue weighted by molar-refractivity contribution is 7.11. The Bertz CT molecular complexity index is 1010. The fraction of sp³-hybridized carbons (Fsp3) is 0.190. The smallest absolute Gasteiger partial charge is 0.225 e. The number of rotatable bonds is 4. The molecule has 1 atom stereocenters. The summed E-state index contributed by atoms with van der Waals surface area (Å²) in [6.45, 7) is 0. The summed E-state index contributed by atoms with van der Waals surface area (Å²) in [4.78, 5) is 13.5. The lowest BCUT2D eigenvalue weighted by atomic mass is 9.88. The number of anilines is 1. The number of ether oxygens (including phenoxy) is 2. The van der Waals surface area contributed by atoms with Crippen LogP contribution in [-0.2, 0) is 4.79 Å². The van der Waals surface area contributed by atoms with E-state index in [-0.39, 0.29) is 17.6 Å². The molecular weight excluding hydrogens is 365 g/mol. The zero-order valence-electron chi connectivity index (χ0n) is 14.9. The molecule has 1 aliphatic rings. The van der Waals surface area contributed by atoms with E-state index in [0.29, 0.717) is 17.9 Å². The lowest BCUT2D eigenvalue weighted by Crippen LogP contribution is -2.22. The van der Waals surface area contributed by atoms with Gasteiger partial charge in [-0.05, 0) is 23.8 Å². The summed E-state index contributed by atoms with van der Waals surface area (Å²) in [7, 11) is 3.19. The third kappa shape index (κ3) is 3.06. The van der Waals surface area contributed by atoms with Crippen LogP contribution >= 0.6 is 11.3 Å². The summed E-state index contributed by atoms with van der Waals surface area (Å²) in [5, 5.41) is 4.93. The van der Waals surface area contributed by atoms with Crippen molar-refractivity contribution in [3.8, 4) is 22.6 Å². The minimum atomic E-state index is -0.305. The molecule has 0 spiro atoms. The summed E-state index contributed by atoms with van der Waals surface area (Å²) in [5.41, 5.74) is 3.22.